The van der Waals surface area contributed by atoms with Crippen LogP contribution in [0.3, 0.4) is 0 Å². The van der Waals surface area contributed by atoms with Gasteiger partial charge in [0, 0.05) is 43.6 Å². The van der Waals surface area contributed by atoms with E-state index in [2.05, 4.69) is 27.1 Å². The van der Waals surface area contributed by atoms with E-state index in [0.29, 0.717) is 23.6 Å². The lowest BCUT2D eigenvalue weighted by Crippen LogP contribution is -2.52. The van der Waals surface area contributed by atoms with Gasteiger partial charge in [-0.2, -0.15) is 0 Å². The average molecular weight is 453 g/mol. The minimum absolute atomic E-state index is 0.0499. The maximum absolute atomic E-state index is 15.7. The smallest absolute Gasteiger partial charge is 0.245 e. The monoisotopic (exact) mass is 452 g/mol. The van der Waals surface area contributed by atoms with Crippen molar-refractivity contribution < 1.29 is 14.2 Å². The number of alkyl halides is 1. The molecule has 8 nitrogen and oxygen atoms in total. The van der Waals surface area contributed by atoms with Crippen molar-refractivity contribution in [2.24, 2.45) is 10.8 Å². The third-order valence-electron chi connectivity index (χ3n) is 7.62. The van der Waals surface area contributed by atoms with E-state index in [-0.39, 0.29) is 23.3 Å². The summed E-state index contributed by atoms with van der Waals surface area (Å²) < 4.78 is 23.2. The van der Waals surface area contributed by atoms with Crippen molar-refractivity contribution in [3.63, 3.8) is 0 Å². The number of aromatic nitrogens is 5. The molecular weight excluding hydrogens is 423 g/mol. The number of benzene rings is 1. The second-order valence-electron chi connectivity index (χ2n) is 10.0. The Balaban J connectivity index is 1.38. The number of rotatable bonds is 5. The van der Waals surface area contributed by atoms with Crippen molar-refractivity contribution in [1.82, 2.24) is 24.7 Å². The number of phenols is 1. The third-order valence-corrected chi connectivity index (χ3v) is 7.62. The van der Waals surface area contributed by atoms with Crippen molar-refractivity contribution in [2.75, 3.05) is 19.1 Å². The molecule has 3 aromatic rings. The fourth-order valence-corrected chi connectivity index (χ4v) is 5.95. The Morgan fingerprint density at radius 2 is 2.03 bits per heavy atom. The Labute approximate surface area is 192 Å². The van der Waals surface area contributed by atoms with Crippen LogP contribution in [0.2, 0.25) is 0 Å². The van der Waals surface area contributed by atoms with Crippen LogP contribution in [0.4, 0.5) is 10.3 Å². The molecule has 2 fully saturated rings. The summed E-state index contributed by atoms with van der Waals surface area (Å²) in [4.78, 5) is 10.3. The molecular formula is C24H29FN6O2. The number of methoxy groups -OCH3 is 1. The first-order valence-corrected chi connectivity index (χ1v) is 11.2. The van der Waals surface area contributed by atoms with Gasteiger partial charge in [-0.05, 0) is 36.8 Å². The molecule has 2 saturated carbocycles. The molecule has 2 aliphatic rings. The number of nitrogens with zero attached hydrogens (tertiary/aromatic N) is 6. The van der Waals surface area contributed by atoms with Gasteiger partial charge in [-0.3, -0.25) is 0 Å². The summed E-state index contributed by atoms with van der Waals surface area (Å²) in [6.07, 6.45) is 7.93. The lowest BCUT2D eigenvalue weighted by atomic mass is 9.67. The molecule has 2 heterocycles. The number of aromatic hydroxyl groups is 1. The largest absolute Gasteiger partial charge is 0.507 e. The minimum atomic E-state index is -1.02. The molecule has 2 aromatic heterocycles. The van der Waals surface area contributed by atoms with Gasteiger partial charge in [0.15, 0.2) is 0 Å². The van der Waals surface area contributed by atoms with Crippen molar-refractivity contribution in [1.29, 1.82) is 0 Å². The summed E-state index contributed by atoms with van der Waals surface area (Å²) in [5, 5.41) is 19.1. The molecule has 0 radical (unpaired) electrons. The molecule has 1 aromatic carbocycles. The quantitative estimate of drug-likeness (QED) is 0.630. The average Bonchev–Trinajstić information content (AvgIpc) is 3.41. The van der Waals surface area contributed by atoms with Crippen LogP contribution in [0.15, 0.2) is 43.1 Å². The van der Waals surface area contributed by atoms with Gasteiger partial charge in [0.25, 0.3) is 0 Å². The predicted molar refractivity (Wildman–Crippen MR) is 122 cm³/mol. The number of hydrogen-bond acceptors (Lipinski definition) is 7. The van der Waals surface area contributed by atoms with Gasteiger partial charge in [0.2, 0.25) is 5.95 Å². The zero-order valence-electron chi connectivity index (χ0n) is 19.3. The molecule has 0 amide bonds. The molecule has 0 aliphatic heterocycles. The summed E-state index contributed by atoms with van der Waals surface area (Å²) >= 11 is 0. The Morgan fingerprint density at radius 3 is 2.67 bits per heavy atom. The molecule has 174 valence electrons. The molecule has 5 rings (SSSR count). The fourth-order valence-electron chi connectivity index (χ4n) is 5.95. The SMILES string of the molecule is CO[C@H]1C[C@]2(C)C[C@@]1(C)C[C@@H](N(C)c1ncc(-c3ccc(-n4ccnc4)cc3O)nn1)[C@@H]2F. The highest BCUT2D eigenvalue weighted by Gasteiger charge is 2.61. The fraction of sp³-hybridized carbons (Fsp3) is 0.500. The van der Waals surface area contributed by atoms with Crippen LogP contribution in [-0.4, -0.2) is 62.3 Å². The zero-order chi connectivity index (χ0) is 23.4. The molecule has 2 aliphatic carbocycles. The topological polar surface area (TPSA) is 89.2 Å². The van der Waals surface area contributed by atoms with Crippen molar-refractivity contribution >= 4 is 5.95 Å². The van der Waals surface area contributed by atoms with E-state index >= 15 is 4.39 Å². The highest BCUT2D eigenvalue weighted by Crippen LogP contribution is 2.60. The van der Waals surface area contributed by atoms with E-state index < -0.39 is 11.6 Å². The molecule has 33 heavy (non-hydrogen) atoms. The third kappa shape index (κ3) is 3.55. The molecule has 0 saturated heterocycles. The summed E-state index contributed by atoms with van der Waals surface area (Å²) in [6.45, 7) is 4.21. The molecule has 0 spiro atoms. The van der Waals surface area contributed by atoms with Crippen molar-refractivity contribution in [2.45, 2.75) is 51.4 Å². The van der Waals surface area contributed by atoms with Crippen molar-refractivity contribution in [3.8, 4) is 22.7 Å². The number of halogens is 1. The summed E-state index contributed by atoms with van der Waals surface area (Å²) in [7, 11) is 3.54. The van der Waals surface area contributed by atoms with E-state index in [1.807, 2.05) is 20.0 Å². The summed E-state index contributed by atoms with van der Waals surface area (Å²) in [5.74, 6) is 0.431. The van der Waals surface area contributed by atoms with E-state index in [4.69, 9.17) is 4.74 Å². The first-order valence-electron chi connectivity index (χ1n) is 11.2. The maximum atomic E-state index is 15.7. The van der Waals surface area contributed by atoms with Crippen LogP contribution in [0, 0.1) is 10.8 Å². The number of hydrogen-bond donors (Lipinski definition) is 1. The van der Waals surface area contributed by atoms with Crippen LogP contribution >= 0.6 is 0 Å². The van der Waals surface area contributed by atoms with Gasteiger partial charge in [-0.1, -0.05) is 13.8 Å². The minimum Gasteiger partial charge on any atom is -0.507 e. The Morgan fingerprint density at radius 1 is 1.21 bits per heavy atom. The Bertz CT molecular complexity index is 1140. The standard InChI is InChI=1S/C24H29FN6O2/c1-23-10-18(21(25)24(2,13-23)11-20(23)33-4)30(3)22-27-12-17(28-29-22)16-6-5-15(9-19(16)32)31-8-7-26-14-31/h5-9,12,14,18,20-21,32H,10-11,13H2,1-4H3/t18-,20+,21+,23-,24-/m1/s1. The van der Waals surface area contributed by atoms with Gasteiger partial charge in [-0.25, -0.2) is 14.4 Å². The van der Waals surface area contributed by atoms with Crippen LogP contribution in [-0.2, 0) is 4.74 Å². The molecule has 2 bridgehead atoms. The number of fused-ring (bicyclic) bond motifs is 2. The molecule has 5 atom stereocenters. The lowest BCUT2D eigenvalue weighted by molar-refractivity contribution is -0.00132. The van der Waals surface area contributed by atoms with Gasteiger partial charge >= 0.3 is 0 Å². The van der Waals surface area contributed by atoms with E-state index in [1.165, 1.54) is 0 Å². The highest BCUT2D eigenvalue weighted by atomic mass is 19.1. The van der Waals surface area contributed by atoms with Gasteiger partial charge in [-0.15, -0.1) is 10.2 Å². The van der Waals surface area contributed by atoms with E-state index in [1.54, 1.807) is 53.6 Å². The Hall–Kier alpha value is -3.07. The number of imidazole rings is 1. The first-order chi connectivity index (χ1) is 15.7. The molecule has 0 unspecified atom stereocenters. The van der Waals surface area contributed by atoms with Crippen LogP contribution in [0.25, 0.3) is 16.9 Å². The Kier molecular flexibility index (Phi) is 5.12. The summed E-state index contributed by atoms with van der Waals surface area (Å²) in [5.41, 5.74) is 1.24. The number of anilines is 1. The molecule has 9 heteroatoms. The van der Waals surface area contributed by atoms with Crippen molar-refractivity contribution in [3.05, 3.63) is 43.1 Å². The first kappa shape index (κ1) is 21.8. The van der Waals surface area contributed by atoms with E-state index in [0.717, 1.165) is 18.5 Å². The lowest BCUT2D eigenvalue weighted by Gasteiger charge is -2.46. The number of ether oxygens (including phenoxy) is 1. The van der Waals surface area contributed by atoms with E-state index in [9.17, 15) is 5.11 Å². The maximum Gasteiger partial charge on any atom is 0.245 e. The van der Waals surface area contributed by atoms with Crippen LogP contribution in [0.5, 0.6) is 5.75 Å². The van der Waals surface area contributed by atoms with Crippen LogP contribution in [0.1, 0.15) is 33.1 Å². The highest BCUT2D eigenvalue weighted by molar-refractivity contribution is 5.68. The second kappa shape index (κ2) is 7.76. The van der Waals surface area contributed by atoms with Gasteiger partial charge in [0.1, 0.15) is 17.6 Å². The number of phenolic OH excluding ortho intramolecular Hbond substituents is 1. The van der Waals surface area contributed by atoms with Gasteiger partial charge in [0.05, 0.1) is 30.4 Å². The van der Waals surface area contributed by atoms with Gasteiger partial charge < -0.3 is 19.3 Å². The van der Waals surface area contributed by atoms with Crippen LogP contribution < -0.4 is 4.90 Å². The predicted octanol–water partition coefficient (Wildman–Crippen LogP) is 3.80. The normalized spacial score (nSPS) is 31.0. The zero-order valence-corrected chi connectivity index (χ0v) is 19.3. The second-order valence-corrected chi connectivity index (χ2v) is 10.0. The molecule has 1 N–H and O–H groups in total. The summed E-state index contributed by atoms with van der Waals surface area (Å²) in [6, 6.07) is 4.91.